The fourth-order valence-corrected chi connectivity index (χ4v) is 2.17. The standard InChI is InChI=1S/C14H12BrN3O3/c1-8-2-3-9(15)6-12(8)17-14(19)11-7-10(16)4-5-13(11)18(20)21/h2-7H,16H2,1H3,(H,17,19). The highest BCUT2D eigenvalue weighted by molar-refractivity contribution is 9.10. The van der Waals surface area contributed by atoms with E-state index >= 15 is 0 Å². The highest BCUT2D eigenvalue weighted by atomic mass is 79.9. The summed E-state index contributed by atoms with van der Waals surface area (Å²) in [5.41, 5.74) is 6.96. The lowest BCUT2D eigenvalue weighted by molar-refractivity contribution is -0.385. The Balaban J connectivity index is 2.39. The van der Waals surface area contributed by atoms with Crippen molar-refractivity contribution in [1.29, 1.82) is 0 Å². The van der Waals surface area contributed by atoms with Crippen LogP contribution in [-0.4, -0.2) is 10.8 Å². The van der Waals surface area contributed by atoms with E-state index in [1.54, 1.807) is 6.07 Å². The van der Waals surface area contributed by atoms with Crippen LogP contribution in [0.25, 0.3) is 0 Å². The molecule has 0 saturated carbocycles. The van der Waals surface area contributed by atoms with Gasteiger partial charge in [0.2, 0.25) is 0 Å². The summed E-state index contributed by atoms with van der Waals surface area (Å²) in [5.74, 6) is -0.574. The largest absolute Gasteiger partial charge is 0.399 e. The van der Waals surface area contributed by atoms with Crippen LogP contribution in [0.15, 0.2) is 40.9 Å². The minimum atomic E-state index is -0.609. The van der Waals surface area contributed by atoms with Crippen molar-refractivity contribution in [2.75, 3.05) is 11.1 Å². The fraction of sp³-hybridized carbons (Fsp3) is 0.0714. The number of rotatable bonds is 3. The summed E-state index contributed by atoms with van der Waals surface area (Å²) in [6.45, 7) is 1.83. The number of nitrogens with two attached hydrogens (primary N) is 1. The first-order valence-corrected chi connectivity index (χ1v) is 6.79. The zero-order valence-electron chi connectivity index (χ0n) is 11.1. The summed E-state index contributed by atoms with van der Waals surface area (Å²) in [4.78, 5) is 22.6. The van der Waals surface area contributed by atoms with Gasteiger partial charge in [0.05, 0.1) is 4.92 Å². The van der Waals surface area contributed by atoms with E-state index in [-0.39, 0.29) is 16.9 Å². The number of anilines is 2. The van der Waals surface area contributed by atoms with Gasteiger partial charge in [-0.2, -0.15) is 0 Å². The zero-order chi connectivity index (χ0) is 15.6. The van der Waals surface area contributed by atoms with Gasteiger partial charge in [-0.1, -0.05) is 22.0 Å². The lowest BCUT2D eigenvalue weighted by Crippen LogP contribution is -2.15. The van der Waals surface area contributed by atoms with E-state index in [2.05, 4.69) is 21.2 Å². The van der Waals surface area contributed by atoms with Gasteiger partial charge in [0, 0.05) is 21.9 Å². The lowest BCUT2D eigenvalue weighted by Gasteiger charge is -2.09. The van der Waals surface area contributed by atoms with Gasteiger partial charge < -0.3 is 11.1 Å². The van der Waals surface area contributed by atoms with Crippen LogP contribution in [0.5, 0.6) is 0 Å². The van der Waals surface area contributed by atoms with Gasteiger partial charge in [0.1, 0.15) is 5.56 Å². The molecule has 0 bridgehead atoms. The third kappa shape index (κ3) is 3.38. The molecule has 108 valence electrons. The topological polar surface area (TPSA) is 98.3 Å². The van der Waals surface area contributed by atoms with Gasteiger partial charge in [-0.3, -0.25) is 14.9 Å². The molecular weight excluding hydrogens is 338 g/mol. The predicted molar refractivity (Wildman–Crippen MR) is 84.3 cm³/mol. The molecule has 0 radical (unpaired) electrons. The number of nitrogens with zero attached hydrogens (tertiary/aromatic N) is 1. The van der Waals surface area contributed by atoms with E-state index in [4.69, 9.17) is 5.73 Å². The quantitative estimate of drug-likeness (QED) is 0.503. The van der Waals surface area contributed by atoms with Crippen molar-refractivity contribution < 1.29 is 9.72 Å². The summed E-state index contributed by atoms with van der Waals surface area (Å²) in [6.07, 6.45) is 0. The van der Waals surface area contributed by atoms with E-state index in [0.29, 0.717) is 5.69 Å². The zero-order valence-corrected chi connectivity index (χ0v) is 12.7. The Morgan fingerprint density at radius 2 is 2.00 bits per heavy atom. The molecule has 2 rings (SSSR count). The summed E-state index contributed by atoms with van der Waals surface area (Å²) in [7, 11) is 0. The van der Waals surface area contributed by atoms with Crippen molar-refractivity contribution in [2.45, 2.75) is 6.92 Å². The van der Waals surface area contributed by atoms with E-state index < -0.39 is 10.8 Å². The van der Waals surface area contributed by atoms with Gasteiger partial charge in [0.25, 0.3) is 11.6 Å². The molecule has 0 atom stereocenters. The van der Waals surface area contributed by atoms with Crippen molar-refractivity contribution in [1.82, 2.24) is 0 Å². The number of aryl methyl sites for hydroxylation is 1. The molecular formula is C14H12BrN3O3. The second-order valence-electron chi connectivity index (χ2n) is 4.45. The number of carbonyl (C=O) groups excluding carboxylic acids is 1. The maximum atomic E-state index is 12.3. The Bertz CT molecular complexity index is 731. The highest BCUT2D eigenvalue weighted by Gasteiger charge is 2.20. The molecule has 3 N–H and O–H groups in total. The molecule has 7 heteroatoms. The van der Waals surface area contributed by atoms with Crippen molar-refractivity contribution in [3.8, 4) is 0 Å². The Kier molecular flexibility index (Phi) is 4.23. The number of nitro groups is 1. The molecule has 0 heterocycles. The Hall–Kier alpha value is -2.41. The van der Waals surface area contributed by atoms with Crippen LogP contribution in [0.1, 0.15) is 15.9 Å². The monoisotopic (exact) mass is 349 g/mol. The van der Waals surface area contributed by atoms with Crippen molar-refractivity contribution in [3.05, 3.63) is 62.1 Å². The summed E-state index contributed by atoms with van der Waals surface area (Å²) in [5, 5.41) is 13.6. The first-order valence-electron chi connectivity index (χ1n) is 6.00. The first-order chi connectivity index (χ1) is 9.88. The highest BCUT2D eigenvalue weighted by Crippen LogP contribution is 2.25. The summed E-state index contributed by atoms with van der Waals surface area (Å²) >= 11 is 3.31. The van der Waals surface area contributed by atoms with E-state index in [9.17, 15) is 14.9 Å². The number of hydrogen-bond acceptors (Lipinski definition) is 4. The van der Waals surface area contributed by atoms with Gasteiger partial charge in [0.15, 0.2) is 0 Å². The molecule has 2 aromatic rings. The Morgan fingerprint density at radius 1 is 1.29 bits per heavy atom. The minimum Gasteiger partial charge on any atom is -0.399 e. The molecule has 0 saturated heterocycles. The predicted octanol–water partition coefficient (Wildman–Crippen LogP) is 3.50. The lowest BCUT2D eigenvalue weighted by atomic mass is 10.1. The smallest absolute Gasteiger partial charge is 0.282 e. The second kappa shape index (κ2) is 5.92. The number of nitrogens with one attached hydrogen (secondary N) is 1. The first kappa shape index (κ1) is 15.0. The second-order valence-corrected chi connectivity index (χ2v) is 5.36. The molecule has 0 aliphatic heterocycles. The van der Waals surface area contributed by atoms with Crippen LogP contribution in [0, 0.1) is 17.0 Å². The van der Waals surface area contributed by atoms with Gasteiger partial charge >= 0.3 is 0 Å². The number of benzene rings is 2. The maximum absolute atomic E-state index is 12.3. The molecule has 0 aliphatic rings. The maximum Gasteiger partial charge on any atom is 0.282 e. The molecule has 0 unspecified atom stereocenters. The molecule has 6 nitrogen and oxygen atoms in total. The van der Waals surface area contributed by atoms with E-state index in [0.717, 1.165) is 10.0 Å². The van der Waals surface area contributed by atoms with Crippen LogP contribution in [-0.2, 0) is 0 Å². The number of nitrogen functional groups attached to an aromatic ring is 1. The number of carbonyl (C=O) groups is 1. The minimum absolute atomic E-state index is 0.0700. The fourth-order valence-electron chi connectivity index (χ4n) is 1.81. The number of halogens is 1. The molecule has 0 aromatic heterocycles. The number of hydrogen-bond donors (Lipinski definition) is 2. The molecule has 0 spiro atoms. The van der Waals surface area contributed by atoms with Crippen molar-refractivity contribution in [2.24, 2.45) is 0 Å². The third-order valence-corrected chi connectivity index (χ3v) is 3.40. The third-order valence-electron chi connectivity index (χ3n) is 2.91. The van der Waals surface area contributed by atoms with Crippen LogP contribution in [0.2, 0.25) is 0 Å². The summed E-state index contributed by atoms with van der Waals surface area (Å²) in [6, 6.07) is 9.30. The van der Waals surface area contributed by atoms with Crippen molar-refractivity contribution in [3.63, 3.8) is 0 Å². The Morgan fingerprint density at radius 3 is 2.67 bits per heavy atom. The van der Waals surface area contributed by atoms with Crippen molar-refractivity contribution >= 4 is 38.9 Å². The Labute approximate surface area is 129 Å². The number of nitro benzene ring substituents is 1. The average Bonchev–Trinajstić information content (AvgIpc) is 2.42. The molecule has 21 heavy (non-hydrogen) atoms. The SMILES string of the molecule is Cc1ccc(Br)cc1NC(=O)c1cc(N)ccc1[N+](=O)[O-]. The van der Waals surface area contributed by atoms with E-state index in [1.165, 1.54) is 18.2 Å². The van der Waals surface area contributed by atoms with Gasteiger partial charge in [-0.05, 0) is 36.8 Å². The normalized spacial score (nSPS) is 10.2. The number of amides is 1. The van der Waals surface area contributed by atoms with E-state index in [1.807, 2.05) is 19.1 Å². The average molecular weight is 350 g/mol. The molecule has 2 aromatic carbocycles. The van der Waals surface area contributed by atoms with Crippen LogP contribution < -0.4 is 11.1 Å². The summed E-state index contributed by atoms with van der Waals surface area (Å²) < 4.78 is 0.797. The molecule has 1 amide bonds. The van der Waals surface area contributed by atoms with Gasteiger partial charge in [-0.15, -0.1) is 0 Å². The van der Waals surface area contributed by atoms with Gasteiger partial charge in [-0.25, -0.2) is 0 Å². The molecule has 0 fully saturated rings. The molecule has 0 aliphatic carbocycles. The van der Waals surface area contributed by atoms with Crippen LogP contribution in [0.4, 0.5) is 17.1 Å². The van der Waals surface area contributed by atoms with Crippen LogP contribution in [0.3, 0.4) is 0 Å². The van der Waals surface area contributed by atoms with Crippen LogP contribution >= 0.6 is 15.9 Å².